The second kappa shape index (κ2) is 6.31. The van der Waals surface area contributed by atoms with Gasteiger partial charge in [-0.05, 0) is 36.2 Å². The highest BCUT2D eigenvalue weighted by Gasteiger charge is 2.06. The predicted octanol–water partition coefficient (Wildman–Crippen LogP) is 2.88. The summed E-state index contributed by atoms with van der Waals surface area (Å²) in [6, 6.07) is 13.1. The van der Waals surface area contributed by atoms with Crippen molar-refractivity contribution in [3.05, 3.63) is 53.2 Å². The third kappa shape index (κ3) is 3.43. The summed E-state index contributed by atoms with van der Waals surface area (Å²) in [5.74, 6) is 1.16. The molecule has 0 saturated heterocycles. The number of nitrogens with one attached hydrogen (secondary N) is 1. The van der Waals surface area contributed by atoms with Crippen LogP contribution in [0.25, 0.3) is 0 Å². The van der Waals surface area contributed by atoms with Crippen LogP contribution in [-0.4, -0.2) is 15.4 Å². The molecule has 2 rings (SSSR count). The van der Waals surface area contributed by atoms with E-state index < -0.39 is 10.8 Å². The lowest BCUT2D eigenvalue weighted by Crippen LogP contribution is -2.01. The molecule has 0 radical (unpaired) electrons. The zero-order valence-corrected chi connectivity index (χ0v) is 12.2. The maximum atomic E-state index is 11.4. The van der Waals surface area contributed by atoms with Crippen LogP contribution in [0.5, 0.6) is 0 Å². The maximum Gasteiger partial charge on any atom is 0.142 e. The Kier molecular flexibility index (Phi) is 4.49. The van der Waals surface area contributed by atoms with E-state index in [4.69, 9.17) is 5.26 Å². The molecule has 1 aromatic carbocycles. The van der Waals surface area contributed by atoms with Crippen molar-refractivity contribution in [1.82, 2.24) is 4.98 Å². The second-order valence-corrected chi connectivity index (χ2v) is 5.89. The fourth-order valence-corrected chi connectivity index (χ4v) is 2.65. The van der Waals surface area contributed by atoms with E-state index in [9.17, 15) is 4.21 Å². The molecule has 0 fully saturated rings. The van der Waals surface area contributed by atoms with Gasteiger partial charge in [0.2, 0.25) is 0 Å². The van der Waals surface area contributed by atoms with E-state index in [2.05, 4.69) is 10.3 Å². The molecule has 1 atom stereocenters. The molecule has 4 nitrogen and oxygen atoms in total. The van der Waals surface area contributed by atoms with Gasteiger partial charge in [0.05, 0.1) is 0 Å². The van der Waals surface area contributed by atoms with Gasteiger partial charge in [-0.3, -0.25) is 4.21 Å². The molecule has 0 bridgehead atoms. The number of pyridine rings is 1. The second-order valence-electron chi connectivity index (χ2n) is 4.45. The normalized spacial score (nSPS) is 11.7. The van der Waals surface area contributed by atoms with Gasteiger partial charge < -0.3 is 5.32 Å². The maximum absolute atomic E-state index is 11.4. The zero-order chi connectivity index (χ0) is 14.5. The van der Waals surface area contributed by atoms with Crippen LogP contribution in [0.2, 0.25) is 0 Å². The number of hydrogen-bond acceptors (Lipinski definition) is 4. The predicted molar refractivity (Wildman–Crippen MR) is 81.2 cm³/mol. The van der Waals surface area contributed by atoms with Crippen molar-refractivity contribution in [2.24, 2.45) is 0 Å². The highest BCUT2D eigenvalue weighted by atomic mass is 32.2. The summed E-state index contributed by atoms with van der Waals surface area (Å²) in [4.78, 5) is 4.19. The summed E-state index contributed by atoms with van der Waals surface area (Å²) < 4.78 is 11.4. The molecular weight excluding hydrogens is 270 g/mol. The molecule has 2 aromatic rings. The number of rotatable bonds is 4. The van der Waals surface area contributed by atoms with E-state index in [1.807, 2.05) is 37.3 Å². The van der Waals surface area contributed by atoms with Gasteiger partial charge in [0.1, 0.15) is 17.6 Å². The topological polar surface area (TPSA) is 65.8 Å². The third-order valence-electron chi connectivity index (χ3n) is 2.93. The molecule has 0 aliphatic rings. The van der Waals surface area contributed by atoms with Gasteiger partial charge in [0.25, 0.3) is 0 Å². The average Bonchev–Trinajstić information content (AvgIpc) is 2.43. The summed E-state index contributed by atoms with van der Waals surface area (Å²) in [5, 5.41) is 12.1. The van der Waals surface area contributed by atoms with Crippen LogP contribution in [0.3, 0.4) is 0 Å². The number of nitrogens with zero attached hydrogens (tertiary/aromatic N) is 2. The van der Waals surface area contributed by atoms with Gasteiger partial charge in [-0.1, -0.05) is 18.2 Å². The first kappa shape index (κ1) is 14.2. The lowest BCUT2D eigenvalue weighted by molar-refractivity contribution is 0.686. The quantitative estimate of drug-likeness (QED) is 0.938. The monoisotopic (exact) mass is 285 g/mol. The lowest BCUT2D eigenvalue weighted by atomic mass is 10.1. The smallest absolute Gasteiger partial charge is 0.142 e. The van der Waals surface area contributed by atoms with E-state index in [0.29, 0.717) is 17.3 Å². The van der Waals surface area contributed by atoms with Crippen LogP contribution < -0.4 is 5.32 Å². The molecule has 1 aromatic heterocycles. The van der Waals surface area contributed by atoms with Crippen LogP contribution in [-0.2, 0) is 16.6 Å². The molecule has 102 valence electrons. The Morgan fingerprint density at radius 3 is 2.75 bits per heavy atom. The Bertz CT molecular complexity index is 692. The van der Waals surface area contributed by atoms with Crippen molar-refractivity contribution in [2.45, 2.75) is 12.7 Å². The molecule has 0 spiro atoms. The van der Waals surface area contributed by atoms with E-state index in [1.165, 1.54) is 0 Å². The summed E-state index contributed by atoms with van der Waals surface area (Å²) >= 11 is 0. The Morgan fingerprint density at radius 1 is 1.30 bits per heavy atom. The Balaban J connectivity index is 2.29. The van der Waals surface area contributed by atoms with Crippen LogP contribution in [0, 0.1) is 18.3 Å². The average molecular weight is 285 g/mol. The first-order valence-electron chi connectivity index (χ1n) is 6.13. The highest BCUT2D eigenvalue weighted by molar-refractivity contribution is 7.83. The molecule has 1 unspecified atom stereocenters. The van der Waals surface area contributed by atoms with Gasteiger partial charge in [0, 0.05) is 28.5 Å². The van der Waals surface area contributed by atoms with Gasteiger partial charge >= 0.3 is 0 Å². The van der Waals surface area contributed by atoms with E-state index in [0.717, 1.165) is 16.8 Å². The van der Waals surface area contributed by atoms with Crippen LogP contribution >= 0.6 is 0 Å². The molecule has 0 amide bonds. The van der Waals surface area contributed by atoms with Crippen molar-refractivity contribution in [3.8, 4) is 6.07 Å². The summed E-state index contributed by atoms with van der Waals surface area (Å²) in [5.41, 5.74) is 3.38. The minimum absolute atomic E-state index is 0.374. The van der Waals surface area contributed by atoms with E-state index in [-0.39, 0.29) is 0 Å². The molecule has 0 saturated carbocycles. The number of anilines is 2. The third-order valence-corrected chi connectivity index (χ3v) is 3.65. The molecule has 0 aliphatic carbocycles. The Hall–Kier alpha value is -2.19. The Labute approximate surface area is 120 Å². The van der Waals surface area contributed by atoms with E-state index >= 15 is 0 Å². The van der Waals surface area contributed by atoms with Crippen LogP contribution in [0.1, 0.15) is 16.8 Å². The van der Waals surface area contributed by atoms with Crippen LogP contribution in [0.15, 0.2) is 36.4 Å². The molecule has 20 heavy (non-hydrogen) atoms. The van der Waals surface area contributed by atoms with Crippen molar-refractivity contribution >= 4 is 22.3 Å². The van der Waals surface area contributed by atoms with Gasteiger partial charge in [0.15, 0.2) is 0 Å². The molecule has 1 heterocycles. The summed E-state index contributed by atoms with van der Waals surface area (Å²) in [6.45, 7) is 1.98. The standard InChI is InChI=1S/C15H15N3OS/c1-11-12(10-20(2)19)5-3-7-14(11)18-15-8-4-6-13(9-16)17-15/h3-8H,10H2,1-2H3,(H,17,18). The van der Waals surface area contributed by atoms with Crippen molar-refractivity contribution in [1.29, 1.82) is 5.26 Å². The number of hydrogen-bond donors (Lipinski definition) is 1. The van der Waals surface area contributed by atoms with Crippen molar-refractivity contribution in [3.63, 3.8) is 0 Å². The molecule has 5 heteroatoms. The van der Waals surface area contributed by atoms with E-state index in [1.54, 1.807) is 18.4 Å². The fourth-order valence-electron chi connectivity index (χ4n) is 1.90. The van der Waals surface area contributed by atoms with Crippen LogP contribution in [0.4, 0.5) is 11.5 Å². The largest absolute Gasteiger partial charge is 0.340 e. The fraction of sp³-hybridized carbons (Fsp3) is 0.200. The summed E-state index contributed by atoms with van der Waals surface area (Å²) in [7, 11) is -0.873. The minimum Gasteiger partial charge on any atom is -0.340 e. The lowest BCUT2D eigenvalue weighted by Gasteiger charge is -2.12. The van der Waals surface area contributed by atoms with Gasteiger partial charge in [-0.15, -0.1) is 0 Å². The highest BCUT2D eigenvalue weighted by Crippen LogP contribution is 2.23. The van der Waals surface area contributed by atoms with Crippen molar-refractivity contribution < 1.29 is 4.21 Å². The zero-order valence-electron chi connectivity index (χ0n) is 11.4. The van der Waals surface area contributed by atoms with Gasteiger partial charge in [-0.2, -0.15) is 5.26 Å². The SMILES string of the molecule is Cc1c(CS(C)=O)cccc1Nc1cccc(C#N)n1. The van der Waals surface area contributed by atoms with Crippen molar-refractivity contribution in [2.75, 3.05) is 11.6 Å². The minimum atomic E-state index is -0.873. The molecular formula is C15H15N3OS. The summed E-state index contributed by atoms with van der Waals surface area (Å²) in [6.07, 6.45) is 1.69. The van der Waals surface area contributed by atoms with Gasteiger partial charge in [-0.25, -0.2) is 4.98 Å². The number of benzene rings is 1. The molecule has 0 aliphatic heterocycles. The molecule has 1 N–H and O–H groups in total. The number of aromatic nitrogens is 1. The first-order chi connectivity index (χ1) is 9.60. The first-order valence-corrected chi connectivity index (χ1v) is 7.85. The number of nitriles is 1. The Morgan fingerprint density at radius 2 is 2.05 bits per heavy atom.